The molecule has 0 amide bonds. The maximum absolute atomic E-state index is 13.6. The van der Waals surface area contributed by atoms with Crippen molar-refractivity contribution in [3.63, 3.8) is 0 Å². The molecule has 0 aliphatic heterocycles. The highest BCUT2D eigenvalue weighted by molar-refractivity contribution is 9.10. The van der Waals surface area contributed by atoms with Gasteiger partial charge in [-0.25, -0.2) is 8.78 Å². The molecule has 0 spiro atoms. The minimum absolute atomic E-state index is 0.0310. The van der Waals surface area contributed by atoms with Crippen LogP contribution in [0.3, 0.4) is 0 Å². The molecule has 1 rings (SSSR count). The van der Waals surface area contributed by atoms with Crippen molar-refractivity contribution in [1.82, 2.24) is 0 Å². The Morgan fingerprint density at radius 1 is 1.53 bits per heavy atom. The molecule has 0 aliphatic rings. The average molecular weight is 276 g/mol. The number of halogens is 3. The van der Waals surface area contributed by atoms with Crippen LogP contribution in [0.2, 0.25) is 0 Å². The van der Waals surface area contributed by atoms with Crippen LogP contribution in [0.15, 0.2) is 10.5 Å². The van der Waals surface area contributed by atoms with Crippen LogP contribution in [-0.4, -0.2) is 7.11 Å². The lowest BCUT2D eigenvalue weighted by molar-refractivity contribution is 0.401. The summed E-state index contributed by atoms with van der Waals surface area (Å²) in [6, 6.07) is 2.84. The third kappa shape index (κ3) is 2.10. The van der Waals surface area contributed by atoms with Gasteiger partial charge in [0.1, 0.15) is 17.4 Å². The molecule has 80 valence electrons. The molecule has 0 radical (unpaired) electrons. The Morgan fingerprint density at radius 3 is 2.60 bits per heavy atom. The highest BCUT2D eigenvalue weighted by atomic mass is 79.9. The maximum Gasteiger partial charge on any atom is 0.148 e. The van der Waals surface area contributed by atoms with Gasteiger partial charge in [0.2, 0.25) is 0 Å². The van der Waals surface area contributed by atoms with Crippen LogP contribution in [0.5, 0.6) is 5.75 Å². The normalized spacial score (nSPS) is 12.0. The highest BCUT2D eigenvalue weighted by Crippen LogP contribution is 2.34. The molecule has 0 bridgehead atoms. The summed E-state index contributed by atoms with van der Waals surface area (Å²) in [5.41, 5.74) is -0.245. The largest absolute Gasteiger partial charge is 0.495 e. The zero-order chi connectivity index (χ0) is 11.6. The van der Waals surface area contributed by atoms with E-state index < -0.39 is 17.6 Å². The highest BCUT2D eigenvalue weighted by Gasteiger charge is 2.21. The fourth-order valence-electron chi connectivity index (χ4n) is 1.20. The molecular weight excluding hydrogens is 268 g/mol. The lowest BCUT2D eigenvalue weighted by Gasteiger charge is -2.11. The van der Waals surface area contributed by atoms with Gasteiger partial charge in [-0.15, -0.1) is 0 Å². The van der Waals surface area contributed by atoms with Crippen molar-refractivity contribution >= 4 is 15.9 Å². The van der Waals surface area contributed by atoms with E-state index in [2.05, 4.69) is 15.9 Å². The van der Waals surface area contributed by atoms with Gasteiger partial charge in [0.25, 0.3) is 0 Å². The first kappa shape index (κ1) is 11.9. The first-order chi connectivity index (χ1) is 7.02. The van der Waals surface area contributed by atoms with Gasteiger partial charge in [-0.2, -0.15) is 5.26 Å². The van der Waals surface area contributed by atoms with E-state index in [1.165, 1.54) is 14.0 Å². The van der Waals surface area contributed by atoms with E-state index in [0.717, 1.165) is 6.07 Å². The Hall–Kier alpha value is -1.15. The molecule has 0 heterocycles. The number of ether oxygens (including phenoxy) is 1. The van der Waals surface area contributed by atoms with Crippen molar-refractivity contribution in [1.29, 1.82) is 5.26 Å². The average Bonchev–Trinajstić information content (AvgIpc) is 2.23. The number of rotatable bonds is 2. The van der Waals surface area contributed by atoms with Crippen LogP contribution in [-0.2, 0) is 0 Å². The lowest BCUT2D eigenvalue weighted by atomic mass is 10.0. The standard InChI is InChI=1S/C10H8BrF2NO/c1-5(4-14)8-6(12)3-7(15-2)9(11)10(8)13/h3,5H,1-2H3. The molecule has 0 aromatic heterocycles. The summed E-state index contributed by atoms with van der Waals surface area (Å²) in [6.45, 7) is 1.43. The predicted octanol–water partition coefficient (Wildman–Crippen LogP) is 3.36. The van der Waals surface area contributed by atoms with E-state index in [1.54, 1.807) is 6.07 Å². The van der Waals surface area contributed by atoms with Crippen LogP contribution in [0.1, 0.15) is 18.4 Å². The third-order valence-corrected chi connectivity index (χ3v) is 2.75. The van der Waals surface area contributed by atoms with E-state index in [-0.39, 0.29) is 15.8 Å². The van der Waals surface area contributed by atoms with Crippen molar-refractivity contribution in [3.8, 4) is 11.8 Å². The van der Waals surface area contributed by atoms with Crippen molar-refractivity contribution in [2.45, 2.75) is 12.8 Å². The lowest BCUT2D eigenvalue weighted by Crippen LogP contribution is -2.02. The third-order valence-electron chi connectivity index (χ3n) is 2.01. The zero-order valence-corrected chi connectivity index (χ0v) is 9.73. The summed E-state index contributed by atoms with van der Waals surface area (Å²) in [4.78, 5) is 0. The molecule has 1 aromatic rings. The monoisotopic (exact) mass is 275 g/mol. The number of benzene rings is 1. The first-order valence-corrected chi connectivity index (χ1v) is 4.93. The van der Waals surface area contributed by atoms with Gasteiger partial charge in [0, 0.05) is 11.6 Å². The van der Waals surface area contributed by atoms with Gasteiger partial charge in [-0.3, -0.25) is 0 Å². The first-order valence-electron chi connectivity index (χ1n) is 4.13. The number of methoxy groups -OCH3 is 1. The Morgan fingerprint density at radius 2 is 2.13 bits per heavy atom. The van der Waals surface area contributed by atoms with E-state index in [1.807, 2.05) is 0 Å². The fourth-order valence-corrected chi connectivity index (χ4v) is 1.69. The zero-order valence-electron chi connectivity index (χ0n) is 8.14. The van der Waals surface area contributed by atoms with E-state index in [9.17, 15) is 8.78 Å². The minimum atomic E-state index is -0.841. The quantitative estimate of drug-likeness (QED) is 0.776. The summed E-state index contributed by atoms with van der Waals surface area (Å²) >= 11 is 2.95. The SMILES string of the molecule is COc1cc(F)c(C(C)C#N)c(F)c1Br. The predicted molar refractivity (Wildman–Crippen MR) is 54.6 cm³/mol. The maximum atomic E-state index is 13.6. The summed E-state index contributed by atoms with van der Waals surface area (Å²) in [7, 11) is 1.31. The Bertz CT molecular complexity index is 428. The number of hydrogen-bond donors (Lipinski definition) is 0. The van der Waals surface area contributed by atoms with Crippen LogP contribution in [0.25, 0.3) is 0 Å². The Labute approximate surface area is 94.6 Å². The number of hydrogen-bond acceptors (Lipinski definition) is 2. The molecule has 2 nitrogen and oxygen atoms in total. The number of nitriles is 1. The molecule has 0 fully saturated rings. The van der Waals surface area contributed by atoms with Crippen molar-refractivity contribution in [2.75, 3.05) is 7.11 Å². The molecular formula is C10H8BrF2NO. The van der Waals surface area contributed by atoms with Crippen molar-refractivity contribution in [2.24, 2.45) is 0 Å². The molecule has 1 aromatic carbocycles. The topological polar surface area (TPSA) is 33.0 Å². The molecule has 0 saturated heterocycles. The van der Waals surface area contributed by atoms with Crippen LogP contribution in [0, 0.1) is 23.0 Å². The van der Waals surface area contributed by atoms with E-state index in [4.69, 9.17) is 10.00 Å². The minimum Gasteiger partial charge on any atom is -0.495 e. The smallest absolute Gasteiger partial charge is 0.148 e. The van der Waals surface area contributed by atoms with E-state index >= 15 is 0 Å². The fraction of sp³-hybridized carbons (Fsp3) is 0.300. The second-order valence-corrected chi connectivity index (χ2v) is 3.75. The molecule has 5 heteroatoms. The molecule has 0 aliphatic carbocycles. The van der Waals surface area contributed by atoms with Gasteiger partial charge in [-0.1, -0.05) is 0 Å². The number of nitrogens with zero attached hydrogens (tertiary/aromatic N) is 1. The van der Waals surface area contributed by atoms with Gasteiger partial charge in [-0.05, 0) is 22.9 Å². The van der Waals surface area contributed by atoms with E-state index in [0.29, 0.717) is 0 Å². The van der Waals surface area contributed by atoms with Crippen LogP contribution < -0.4 is 4.74 Å². The summed E-state index contributed by atoms with van der Waals surface area (Å²) < 4.78 is 31.8. The van der Waals surface area contributed by atoms with Gasteiger partial charge < -0.3 is 4.74 Å². The van der Waals surface area contributed by atoms with Gasteiger partial charge >= 0.3 is 0 Å². The van der Waals surface area contributed by atoms with Crippen molar-refractivity contribution < 1.29 is 13.5 Å². The molecule has 1 atom stereocenters. The molecule has 1 unspecified atom stereocenters. The van der Waals surface area contributed by atoms with Crippen LogP contribution in [0.4, 0.5) is 8.78 Å². The summed E-state index contributed by atoms with van der Waals surface area (Å²) in [5.74, 6) is -2.34. The van der Waals surface area contributed by atoms with Crippen molar-refractivity contribution in [3.05, 3.63) is 27.7 Å². The summed E-state index contributed by atoms with van der Waals surface area (Å²) in [6.07, 6.45) is 0. The molecule has 0 N–H and O–H groups in total. The van der Waals surface area contributed by atoms with Gasteiger partial charge in [0.05, 0.1) is 23.6 Å². The second-order valence-electron chi connectivity index (χ2n) is 2.95. The van der Waals surface area contributed by atoms with Crippen LogP contribution >= 0.6 is 15.9 Å². The molecule has 15 heavy (non-hydrogen) atoms. The Kier molecular flexibility index (Phi) is 3.64. The Balaban J connectivity index is 3.44. The summed E-state index contributed by atoms with van der Waals surface area (Å²) in [5, 5.41) is 8.62. The second kappa shape index (κ2) is 4.58. The molecule has 0 saturated carbocycles. The van der Waals surface area contributed by atoms with Gasteiger partial charge in [0.15, 0.2) is 0 Å².